The van der Waals surface area contributed by atoms with Gasteiger partial charge in [0.1, 0.15) is 0 Å². The Balaban J connectivity index is 1.40. The minimum absolute atomic E-state index is 0.0478. The molecule has 0 bridgehead atoms. The van der Waals surface area contributed by atoms with Gasteiger partial charge in [0.05, 0.1) is 6.42 Å². The highest BCUT2D eigenvalue weighted by molar-refractivity contribution is 5.66. The maximum atomic E-state index is 13.8. The van der Waals surface area contributed by atoms with Gasteiger partial charge in [0.15, 0.2) is 11.6 Å². The van der Waals surface area contributed by atoms with Gasteiger partial charge in [0, 0.05) is 25.0 Å². The fourth-order valence-corrected chi connectivity index (χ4v) is 4.84. The van der Waals surface area contributed by atoms with Gasteiger partial charge in [-0.15, -0.1) is 0 Å². The minimum Gasteiger partial charge on any atom is -0.481 e. The Labute approximate surface area is 182 Å². The maximum absolute atomic E-state index is 13.8. The second-order valence-electron chi connectivity index (χ2n) is 9.15. The molecule has 31 heavy (non-hydrogen) atoms. The van der Waals surface area contributed by atoms with Crippen LogP contribution in [0.1, 0.15) is 42.7 Å². The van der Waals surface area contributed by atoms with E-state index in [9.17, 15) is 13.6 Å². The average Bonchev–Trinajstić information content (AvgIpc) is 3.55. The number of carboxylic acid groups (broad SMARTS) is 1. The topological polar surface area (TPSA) is 52.6 Å². The molecule has 0 amide bonds. The summed E-state index contributed by atoms with van der Waals surface area (Å²) in [7, 11) is 0. The molecule has 1 aliphatic heterocycles. The molecule has 6 heteroatoms. The molecule has 2 fully saturated rings. The predicted octanol–water partition coefficient (Wildman–Crippen LogP) is 4.21. The van der Waals surface area contributed by atoms with Crippen molar-refractivity contribution in [2.75, 3.05) is 26.2 Å². The third-order valence-corrected chi connectivity index (χ3v) is 6.88. The Morgan fingerprint density at radius 3 is 2.52 bits per heavy atom. The number of carbonyl (C=O) groups is 1. The van der Waals surface area contributed by atoms with Crippen molar-refractivity contribution in [2.24, 2.45) is 5.41 Å². The summed E-state index contributed by atoms with van der Waals surface area (Å²) in [5.41, 5.74) is 2.13. The van der Waals surface area contributed by atoms with E-state index in [4.69, 9.17) is 5.11 Å². The zero-order valence-corrected chi connectivity index (χ0v) is 17.7. The normalized spacial score (nSPS) is 22.9. The molecule has 0 spiro atoms. The Hall–Kier alpha value is -2.31. The first-order valence-corrected chi connectivity index (χ1v) is 11.1. The van der Waals surface area contributed by atoms with Crippen LogP contribution in [0.25, 0.3) is 0 Å². The lowest BCUT2D eigenvalue weighted by molar-refractivity contribution is -0.137. The number of piperidine rings is 1. The summed E-state index contributed by atoms with van der Waals surface area (Å²) in [6, 6.07) is 15.2. The molecule has 1 heterocycles. The Kier molecular flexibility index (Phi) is 6.68. The van der Waals surface area contributed by atoms with Crippen molar-refractivity contribution >= 4 is 5.97 Å². The summed E-state index contributed by atoms with van der Waals surface area (Å²) < 4.78 is 27.2. The molecule has 2 atom stereocenters. The van der Waals surface area contributed by atoms with Gasteiger partial charge in [-0.2, -0.15) is 0 Å². The van der Waals surface area contributed by atoms with Crippen LogP contribution in [0, 0.1) is 17.0 Å². The van der Waals surface area contributed by atoms with Crippen molar-refractivity contribution in [1.29, 1.82) is 0 Å². The summed E-state index contributed by atoms with van der Waals surface area (Å²) in [5.74, 6) is -1.85. The van der Waals surface area contributed by atoms with Crippen molar-refractivity contribution in [3.05, 3.63) is 71.3 Å². The highest BCUT2D eigenvalue weighted by Crippen LogP contribution is 2.42. The van der Waals surface area contributed by atoms with Gasteiger partial charge in [0.25, 0.3) is 0 Å². The third kappa shape index (κ3) is 5.69. The van der Waals surface area contributed by atoms with Crippen LogP contribution < -0.4 is 5.32 Å². The van der Waals surface area contributed by atoms with E-state index >= 15 is 0 Å². The van der Waals surface area contributed by atoms with E-state index < -0.39 is 17.6 Å². The molecule has 2 aromatic carbocycles. The van der Waals surface area contributed by atoms with E-state index in [1.54, 1.807) is 6.07 Å². The van der Waals surface area contributed by atoms with E-state index in [0.29, 0.717) is 24.9 Å². The fourth-order valence-electron chi connectivity index (χ4n) is 4.84. The number of carboxylic acids is 1. The van der Waals surface area contributed by atoms with Gasteiger partial charge in [-0.1, -0.05) is 36.4 Å². The monoisotopic (exact) mass is 428 g/mol. The zero-order valence-electron chi connectivity index (χ0n) is 17.7. The number of nitrogens with zero attached hydrogens (tertiary/aromatic N) is 1. The van der Waals surface area contributed by atoms with Gasteiger partial charge in [-0.3, -0.25) is 4.79 Å². The number of rotatable bonds is 9. The molecular formula is C25H30F2N2O2. The number of benzene rings is 2. The van der Waals surface area contributed by atoms with Gasteiger partial charge < -0.3 is 15.3 Å². The standard InChI is InChI=1S/C25H30F2N2O2/c26-21-7-6-18(14-22(21)27)16-25(9-12-29(13-10-25)11-8-24(30)31)17-28-23-15-20(23)19-4-2-1-3-5-19/h1-7,14,20,23,28H,8-13,15-17H2,(H,30,31)/t20-,23+/m0/s1. The highest BCUT2D eigenvalue weighted by atomic mass is 19.2. The van der Waals surface area contributed by atoms with E-state index in [0.717, 1.165) is 44.5 Å². The first-order chi connectivity index (χ1) is 14.9. The van der Waals surface area contributed by atoms with Crippen LogP contribution in [0.5, 0.6) is 0 Å². The average molecular weight is 429 g/mol. The van der Waals surface area contributed by atoms with E-state index in [1.165, 1.54) is 17.7 Å². The van der Waals surface area contributed by atoms with Crippen molar-refractivity contribution in [3.63, 3.8) is 0 Å². The van der Waals surface area contributed by atoms with Crippen molar-refractivity contribution in [3.8, 4) is 0 Å². The Morgan fingerprint density at radius 2 is 1.84 bits per heavy atom. The molecule has 166 valence electrons. The predicted molar refractivity (Wildman–Crippen MR) is 116 cm³/mol. The molecule has 4 nitrogen and oxygen atoms in total. The fraction of sp³-hybridized carbons (Fsp3) is 0.480. The summed E-state index contributed by atoms with van der Waals surface area (Å²) in [4.78, 5) is 13.1. The largest absolute Gasteiger partial charge is 0.481 e. The highest BCUT2D eigenvalue weighted by Gasteiger charge is 2.41. The number of aliphatic carboxylic acids is 1. The zero-order chi connectivity index (χ0) is 21.8. The molecule has 1 saturated carbocycles. The molecule has 0 aromatic heterocycles. The van der Waals surface area contributed by atoms with Crippen LogP contribution in [0.2, 0.25) is 0 Å². The summed E-state index contributed by atoms with van der Waals surface area (Å²) in [6.45, 7) is 3.03. The molecule has 4 rings (SSSR count). The van der Waals surface area contributed by atoms with Crippen LogP contribution in [-0.2, 0) is 11.2 Å². The van der Waals surface area contributed by atoms with Gasteiger partial charge in [0.2, 0.25) is 0 Å². The second kappa shape index (κ2) is 9.45. The Bertz CT molecular complexity index is 898. The molecule has 1 aliphatic carbocycles. The van der Waals surface area contributed by atoms with Gasteiger partial charge >= 0.3 is 5.97 Å². The van der Waals surface area contributed by atoms with Crippen LogP contribution in [0.4, 0.5) is 8.78 Å². The molecule has 2 aliphatic rings. The number of hydrogen-bond donors (Lipinski definition) is 2. The molecular weight excluding hydrogens is 398 g/mol. The van der Waals surface area contributed by atoms with Crippen molar-refractivity contribution < 1.29 is 18.7 Å². The van der Waals surface area contributed by atoms with Crippen molar-refractivity contribution in [1.82, 2.24) is 10.2 Å². The quantitative estimate of drug-likeness (QED) is 0.628. The summed E-state index contributed by atoms with van der Waals surface area (Å²) in [5, 5.41) is 12.7. The van der Waals surface area contributed by atoms with Crippen LogP contribution >= 0.6 is 0 Å². The van der Waals surface area contributed by atoms with Gasteiger partial charge in [-0.05, 0) is 67.4 Å². The van der Waals surface area contributed by atoms with Gasteiger partial charge in [-0.25, -0.2) is 8.78 Å². The molecule has 0 radical (unpaired) electrons. The smallest absolute Gasteiger partial charge is 0.304 e. The number of hydrogen-bond acceptors (Lipinski definition) is 3. The summed E-state index contributed by atoms with van der Waals surface area (Å²) >= 11 is 0. The SMILES string of the molecule is O=C(O)CCN1CCC(CN[C@@H]2C[C@H]2c2ccccc2)(Cc2ccc(F)c(F)c2)CC1. The number of nitrogens with one attached hydrogen (secondary N) is 1. The molecule has 2 N–H and O–H groups in total. The maximum Gasteiger partial charge on any atom is 0.304 e. The van der Waals surface area contributed by atoms with E-state index in [2.05, 4.69) is 34.5 Å². The van der Waals surface area contributed by atoms with Crippen LogP contribution in [-0.4, -0.2) is 48.2 Å². The lowest BCUT2D eigenvalue weighted by Crippen LogP contribution is -2.47. The lowest BCUT2D eigenvalue weighted by atomic mass is 9.73. The Morgan fingerprint density at radius 1 is 1.10 bits per heavy atom. The first-order valence-electron chi connectivity index (χ1n) is 11.1. The van der Waals surface area contributed by atoms with Crippen LogP contribution in [0.15, 0.2) is 48.5 Å². The van der Waals surface area contributed by atoms with Crippen molar-refractivity contribution in [2.45, 2.75) is 44.1 Å². The van der Waals surface area contributed by atoms with Crippen LogP contribution in [0.3, 0.4) is 0 Å². The summed E-state index contributed by atoms with van der Waals surface area (Å²) in [6.07, 6.45) is 3.76. The molecule has 1 saturated heterocycles. The third-order valence-electron chi connectivity index (χ3n) is 6.88. The van der Waals surface area contributed by atoms with E-state index in [1.807, 2.05) is 6.07 Å². The second-order valence-corrected chi connectivity index (χ2v) is 9.15. The number of likely N-dealkylation sites (tertiary alicyclic amines) is 1. The van der Waals surface area contributed by atoms with E-state index in [-0.39, 0.29) is 11.8 Å². The molecule has 2 aromatic rings. The number of halogens is 2. The minimum atomic E-state index is -0.817. The lowest BCUT2D eigenvalue weighted by Gasteiger charge is -2.42. The molecule has 0 unspecified atom stereocenters. The first kappa shape index (κ1) is 21.9.